The number of pyridine rings is 1. The van der Waals surface area contributed by atoms with Crippen molar-refractivity contribution in [1.82, 2.24) is 10.3 Å². The van der Waals surface area contributed by atoms with Crippen molar-refractivity contribution in [3.63, 3.8) is 0 Å². The molecule has 3 aromatic rings. The predicted octanol–water partition coefficient (Wildman–Crippen LogP) is 4.50. The minimum atomic E-state index is -0.576. The SMILES string of the molecule is COc1ccc(N(C)C(=O)c2cc(C#N)cc(-c3ccncc3)c2N=CC2CCCN2)cc1F. The van der Waals surface area contributed by atoms with Gasteiger partial charge in [0, 0.05) is 49.0 Å². The normalized spacial score (nSPS) is 15.3. The summed E-state index contributed by atoms with van der Waals surface area (Å²) in [5.74, 6) is -0.901. The molecule has 4 rings (SSSR count). The van der Waals surface area contributed by atoms with Crippen molar-refractivity contribution >= 4 is 23.5 Å². The third-order valence-electron chi connectivity index (χ3n) is 5.77. The maximum Gasteiger partial charge on any atom is 0.260 e. The second-order valence-electron chi connectivity index (χ2n) is 7.93. The molecule has 2 heterocycles. The van der Waals surface area contributed by atoms with Crippen molar-refractivity contribution in [2.24, 2.45) is 4.99 Å². The van der Waals surface area contributed by atoms with E-state index in [0.717, 1.165) is 24.9 Å². The molecule has 1 aliphatic rings. The van der Waals surface area contributed by atoms with E-state index in [-0.39, 0.29) is 17.4 Å². The average molecular weight is 458 g/mol. The van der Waals surface area contributed by atoms with Gasteiger partial charge in [-0.1, -0.05) is 0 Å². The standard InChI is InChI=1S/C26H24FN5O2/c1-32(20-5-6-24(34-2)23(27)14-20)26(33)22-13-17(15-28)12-21(18-7-10-29-11-8-18)25(22)31-16-19-4-3-9-30-19/h5-8,10-14,16,19,30H,3-4,9H2,1-2H3. The van der Waals surface area contributed by atoms with Crippen LogP contribution < -0.4 is 15.0 Å². The second kappa shape index (κ2) is 10.2. The third-order valence-corrected chi connectivity index (χ3v) is 5.77. The van der Waals surface area contributed by atoms with Crippen molar-refractivity contribution in [2.45, 2.75) is 18.9 Å². The van der Waals surface area contributed by atoms with Gasteiger partial charge in [0.25, 0.3) is 5.91 Å². The van der Waals surface area contributed by atoms with Crippen LogP contribution in [0.15, 0.2) is 59.9 Å². The highest BCUT2D eigenvalue weighted by molar-refractivity contribution is 6.11. The Morgan fingerprint density at radius 1 is 1.29 bits per heavy atom. The van der Waals surface area contributed by atoms with E-state index in [1.54, 1.807) is 43.7 Å². The van der Waals surface area contributed by atoms with Gasteiger partial charge in [0.05, 0.1) is 30.0 Å². The lowest BCUT2D eigenvalue weighted by Crippen LogP contribution is -2.27. The summed E-state index contributed by atoms with van der Waals surface area (Å²) in [4.78, 5) is 23.8. The van der Waals surface area contributed by atoms with Crippen molar-refractivity contribution in [1.29, 1.82) is 5.26 Å². The lowest BCUT2D eigenvalue weighted by Gasteiger charge is -2.20. The second-order valence-corrected chi connectivity index (χ2v) is 7.93. The largest absolute Gasteiger partial charge is 0.494 e. The number of anilines is 1. The highest BCUT2D eigenvalue weighted by Gasteiger charge is 2.23. The van der Waals surface area contributed by atoms with Crippen LogP contribution in [0.3, 0.4) is 0 Å². The van der Waals surface area contributed by atoms with Crippen LogP contribution in [0, 0.1) is 17.1 Å². The summed E-state index contributed by atoms with van der Waals surface area (Å²) in [5.41, 5.74) is 2.80. The molecule has 0 aliphatic carbocycles. The summed E-state index contributed by atoms with van der Waals surface area (Å²) >= 11 is 0. The van der Waals surface area contributed by atoms with Gasteiger partial charge in [0.15, 0.2) is 11.6 Å². The third kappa shape index (κ3) is 4.80. The molecular formula is C26H24FN5O2. The molecule has 0 bridgehead atoms. The molecule has 1 amide bonds. The van der Waals surface area contributed by atoms with Gasteiger partial charge in [-0.05, 0) is 61.3 Å². The summed E-state index contributed by atoms with van der Waals surface area (Å²) < 4.78 is 19.3. The van der Waals surface area contributed by atoms with Gasteiger partial charge in [-0.15, -0.1) is 0 Å². The van der Waals surface area contributed by atoms with Gasteiger partial charge in [0.1, 0.15) is 0 Å². The number of nitriles is 1. The van der Waals surface area contributed by atoms with Crippen molar-refractivity contribution < 1.29 is 13.9 Å². The molecule has 1 saturated heterocycles. The molecule has 7 nitrogen and oxygen atoms in total. The van der Waals surface area contributed by atoms with E-state index in [1.165, 1.54) is 30.2 Å². The van der Waals surface area contributed by atoms with E-state index in [2.05, 4.69) is 16.4 Å². The number of nitrogens with zero attached hydrogens (tertiary/aromatic N) is 4. The Labute approximate surface area is 197 Å². The number of carbonyl (C=O) groups excluding carboxylic acids is 1. The lowest BCUT2D eigenvalue weighted by atomic mass is 9.97. The molecule has 34 heavy (non-hydrogen) atoms. The highest BCUT2D eigenvalue weighted by atomic mass is 19.1. The van der Waals surface area contributed by atoms with E-state index in [9.17, 15) is 14.4 Å². The Bertz CT molecular complexity index is 1260. The molecule has 0 spiro atoms. The van der Waals surface area contributed by atoms with E-state index in [1.807, 2.05) is 6.21 Å². The van der Waals surface area contributed by atoms with E-state index in [4.69, 9.17) is 9.73 Å². The maximum absolute atomic E-state index is 14.3. The highest BCUT2D eigenvalue weighted by Crippen LogP contribution is 2.36. The fourth-order valence-electron chi connectivity index (χ4n) is 3.92. The first-order valence-electron chi connectivity index (χ1n) is 10.9. The zero-order valence-corrected chi connectivity index (χ0v) is 19.0. The molecule has 0 saturated carbocycles. The lowest BCUT2D eigenvalue weighted by molar-refractivity contribution is 0.0993. The summed E-state index contributed by atoms with van der Waals surface area (Å²) in [6.07, 6.45) is 7.11. The molecule has 172 valence electrons. The number of hydrogen-bond donors (Lipinski definition) is 1. The van der Waals surface area contributed by atoms with Crippen molar-refractivity contribution in [3.8, 4) is 22.9 Å². The number of halogens is 1. The first-order valence-corrected chi connectivity index (χ1v) is 10.9. The number of nitrogens with one attached hydrogen (secondary N) is 1. The van der Waals surface area contributed by atoms with E-state index in [0.29, 0.717) is 22.5 Å². The average Bonchev–Trinajstić information content (AvgIpc) is 3.40. The first kappa shape index (κ1) is 23.1. The Hall–Kier alpha value is -4.09. The van der Waals surface area contributed by atoms with Crippen LogP contribution in [0.2, 0.25) is 0 Å². The first-order chi connectivity index (χ1) is 16.5. The molecule has 1 aliphatic heterocycles. The number of aromatic nitrogens is 1. The number of amides is 1. The Morgan fingerprint density at radius 3 is 2.74 bits per heavy atom. The molecule has 1 fully saturated rings. The van der Waals surface area contributed by atoms with Crippen LogP contribution in [0.25, 0.3) is 11.1 Å². The zero-order valence-electron chi connectivity index (χ0n) is 19.0. The fourth-order valence-corrected chi connectivity index (χ4v) is 3.92. The van der Waals surface area contributed by atoms with Crippen LogP contribution in [0.1, 0.15) is 28.8 Å². The van der Waals surface area contributed by atoms with Gasteiger partial charge in [0.2, 0.25) is 0 Å². The maximum atomic E-state index is 14.3. The van der Waals surface area contributed by atoms with Crippen LogP contribution in [-0.2, 0) is 0 Å². The number of hydrogen-bond acceptors (Lipinski definition) is 6. The van der Waals surface area contributed by atoms with Gasteiger partial charge in [-0.3, -0.25) is 14.8 Å². The van der Waals surface area contributed by atoms with Crippen LogP contribution in [0.5, 0.6) is 5.75 Å². The van der Waals surface area contributed by atoms with Gasteiger partial charge < -0.3 is 15.0 Å². The zero-order chi connectivity index (χ0) is 24.1. The molecule has 1 aromatic heterocycles. The number of ether oxygens (including phenoxy) is 1. The Morgan fingerprint density at radius 2 is 2.09 bits per heavy atom. The molecule has 2 aromatic carbocycles. The number of carbonyl (C=O) groups is 1. The molecule has 1 atom stereocenters. The Balaban J connectivity index is 1.83. The van der Waals surface area contributed by atoms with Crippen LogP contribution in [0.4, 0.5) is 15.8 Å². The van der Waals surface area contributed by atoms with Gasteiger partial charge in [-0.2, -0.15) is 5.26 Å². The van der Waals surface area contributed by atoms with Crippen molar-refractivity contribution in [3.05, 3.63) is 71.8 Å². The summed E-state index contributed by atoms with van der Waals surface area (Å²) in [6.45, 7) is 0.916. The summed E-state index contributed by atoms with van der Waals surface area (Å²) in [6, 6.07) is 13.4. The number of methoxy groups -OCH3 is 1. The van der Waals surface area contributed by atoms with E-state index < -0.39 is 11.7 Å². The molecule has 0 radical (unpaired) electrons. The van der Waals surface area contributed by atoms with Crippen LogP contribution in [-0.4, -0.2) is 43.8 Å². The number of aliphatic imine (C=N–C) groups is 1. The van der Waals surface area contributed by atoms with Crippen molar-refractivity contribution in [2.75, 3.05) is 25.6 Å². The quantitative estimate of drug-likeness (QED) is 0.551. The summed E-state index contributed by atoms with van der Waals surface area (Å²) in [7, 11) is 2.94. The molecular weight excluding hydrogens is 433 g/mol. The number of rotatable bonds is 6. The van der Waals surface area contributed by atoms with Gasteiger partial charge >= 0.3 is 0 Å². The van der Waals surface area contributed by atoms with E-state index >= 15 is 0 Å². The van der Waals surface area contributed by atoms with Gasteiger partial charge in [-0.25, -0.2) is 4.39 Å². The number of benzene rings is 2. The minimum absolute atomic E-state index is 0.0883. The molecule has 8 heteroatoms. The molecule has 1 N–H and O–H groups in total. The molecule has 1 unspecified atom stereocenters. The summed E-state index contributed by atoms with van der Waals surface area (Å²) in [5, 5.41) is 13.0. The predicted molar refractivity (Wildman–Crippen MR) is 129 cm³/mol. The Kier molecular flexibility index (Phi) is 6.95. The van der Waals surface area contributed by atoms with Crippen LogP contribution >= 0.6 is 0 Å². The fraction of sp³-hybridized carbons (Fsp3) is 0.231. The minimum Gasteiger partial charge on any atom is -0.494 e. The topological polar surface area (TPSA) is 90.6 Å². The monoisotopic (exact) mass is 457 g/mol. The smallest absolute Gasteiger partial charge is 0.260 e.